The Morgan fingerprint density at radius 2 is 2.05 bits per heavy atom. The van der Waals surface area contributed by atoms with Gasteiger partial charge in [-0.05, 0) is 18.2 Å². The Balaban J connectivity index is 2.88. The summed E-state index contributed by atoms with van der Waals surface area (Å²) in [6.45, 7) is 1.83. The third-order valence-corrected chi connectivity index (χ3v) is 3.07. The number of rotatable bonds is 7. The summed E-state index contributed by atoms with van der Waals surface area (Å²) in [5, 5.41) is 9.11. The van der Waals surface area contributed by atoms with E-state index in [4.69, 9.17) is 9.84 Å². The fraction of sp³-hybridized carbons (Fsp3) is 0.467. The second kappa shape index (κ2) is 8.26. The van der Waals surface area contributed by atoms with E-state index in [1.165, 1.54) is 19.1 Å². The van der Waals surface area contributed by atoms with E-state index in [1.54, 1.807) is 31.2 Å². The highest BCUT2D eigenvalue weighted by Crippen LogP contribution is 2.15. The zero-order chi connectivity index (χ0) is 15.8. The van der Waals surface area contributed by atoms with Crippen molar-refractivity contribution >= 4 is 11.9 Å². The molecular formula is C15H21NO5. The summed E-state index contributed by atoms with van der Waals surface area (Å²) < 4.78 is 9.74. The van der Waals surface area contributed by atoms with E-state index in [-0.39, 0.29) is 25.6 Å². The molecule has 0 radical (unpaired) electrons. The average Bonchev–Trinajstić information content (AvgIpc) is 2.52. The number of nitrogens with zero attached hydrogens (tertiary/aromatic N) is 1. The Labute approximate surface area is 124 Å². The normalized spacial score (nSPS) is 11.6. The highest BCUT2D eigenvalue weighted by atomic mass is 16.5. The van der Waals surface area contributed by atoms with Crippen molar-refractivity contribution in [3.63, 3.8) is 0 Å². The van der Waals surface area contributed by atoms with Gasteiger partial charge < -0.3 is 19.5 Å². The average molecular weight is 295 g/mol. The number of methoxy groups -OCH3 is 2. The molecule has 1 unspecified atom stereocenters. The Morgan fingerprint density at radius 3 is 2.62 bits per heavy atom. The quantitative estimate of drug-likeness (QED) is 0.758. The maximum absolute atomic E-state index is 12.5. The number of carbonyl (C=O) groups excluding carboxylic acids is 2. The summed E-state index contributed by atoms with van der Waals surface area (Å²) in [7, 11) is 2.83. The number of hydrogen-bond donors (Lipinski definition) is 1. The van der Waals surface area contributed by atoms with Crippen LogP contribution in [0.15, 0.2) is 24.3 Å². The van der Waals surface area contributed by atoms with Crippen molar-refractivity contribution in [1.82, 2.24) is 4.90 Å². The van der Waals surface area contributed by atoms with Crippen molar-refractivity contribution in [2.24, 2.45) is 5.92 Å². The molecule has 0 aromatic heterocycles. The zero-order valence-electron chi connectivity index (χ0n) is 12.5. The van der Waals surface area contributed by atoms with Crippen LogP contribution in [-0.4, -0.2) is 55.8 Å². The molecule has 0 saturated carbocycles. The van der Waals surface area contributed by atoms with Crippen LogP contribution < -0.4 is 4.74 Å². The fourth-order valence-electron chi connectivity index (χ4n) is 1.94. The molecule has 0 aliphatic carbocycles. The van der Waals surface area contributed by atoms with Crippen molar-refractivity contribution < 1.29 is 24.2 Å². The third kappa shape index (κ3) is 4.75. The second-order valence-corrected chi connectivity index (χ2v) is 4.63. The lowest BCUT2D eigenvalue weighted by Gasteiger charge is -2.24. The molecule has 0 aliphatic rings. The van der Waals surface area contributed by atoms with Gasteiger partial charge in [-0.1, -0.05) is 13.0 Å². The van der Waals surface area contributed by atoms with Gasteiger partial charge in [0, 0.05) is 18.7 Å². The number of carbonyl (C=O) groups is 2. The molecule has 0 saturated heterocycles. The summed E-state index contributed by atoms with van der Waals surface area (Å²) in [6.07, 6.45) is 0. The van der Waals surface area contributed by atoms with Crippen LogP contribution in [0.4, 0.5) is 0 Å². The van der Waals surface area contributed by atoms with Gasteiger partial charge in [-0.25, -0.2) is 0 Å². The molecule has 21 heavy (non-hydrogen) atoms. The predicted octanol–water partition coefficient (Wildman–Crippen LogP) is 0.939. The van der Waals surface area contributed by atoms with E-state index in [1.807, 2.05) is 0 Å². The molecule has 0 heterocycles. The van der Waals surface area contributed by atoms with Gasteiger partial charge >= 0.3 is 5.97 Å². The van der Waals surface area contributed by atoms with E-state index in [2.05, 4.69) is 4.74 Å². The topological polar surface area (TPSA) is 76.1 Å². The van der Waals surface area contributed by atoms with Gasteiger partial charge in [-0.15, -0.1) is 0 Å². The Hall–Kier alpha value is -2.08. The van der Waals surface area contributed by atoms with Crippen LogP contribution in [0.1, 0.15) is 17.3 Å². The fourth-order valence-corrected chi connectivity index (χ4v) is 1.94. The van der Waals surface area contributed by atoms with Crippen molar-refractivity contribution in [1.29, 1.82) is 0 Å². The van der Waals surface area contributed by atoms with E-state index >= 15 is 0 Å². The zero-order valence-corrected chi connectivity index (χ0v) is 12.5. The molecule has 0 bridgehead atoms. The van der Waals surface area contributed by atoms with Gasteiger partial charge in [0.2, 0.25) is 0 Å². The number of benzene rings is 1. The molecule has 6 nitrogen and oxygen atoms in total. The number of ether oxygens (including phenoxy) is 2. The van der Waals surface area contributed by atoms with Gasteiger partial charge in [0.25, 0.3) is 5.91 Å². The Morgan fingerprint density at radius 1 is 1.33 bits per heavy atom. The first kappa shape index (κ1) is 17.0. The largest absolute Gasteiger partial charge is 0.497 e. The lowest BCUT2D eigenvalue weighted by atomic mass is 10.1. The number of hydrogen-bond acceptors (Lipinski definition) is 5. The van der Waals surface area contributed by atoms with Crippen LogP contribution in [0, 0.1) is 5.92 Å². The maximum Gasteiger partial charge on any atom is 0.310 e. The van der Waals surface area contributed by atoms with Gasteiger partial charge in [-0.2, -0.15) is 0 Å². The summed E-state index contributed by atoms with van der Waals surface area (Å²) in [6, 6.07) is 6.74. The van der Waals surface area contributed by atoms with Crippen molar-refractivity contribution in [3.8, 4) is 5.75 Å². The van der Waals surface area contributed by atoms with Crippen molar-refractivity contribution in [3.05, 3.63) is 29.8 Å². The van der Waals surface area contributed by atoms with Crippen LogP contribution in [-0.2, 0) is 9.53 Å². The lowest BCUT2D eigenvalue weighted by molar-refractivity contribution is -0.145. The summed E-state index contributed by atoms with van der Waals surface area (Å²) in [5.74, 6) is -0.544. The summed E-state index contributed by atoms with van der Waals surface area (Å²) in [4.78, 5) is 25.4. The molecule has 6 heteroatoms. The molecule has 1 aromatic rings. The van der Waals surface area contributed by atoms with E-state index in [9.17, 15) is 9.59 Å². The van der Waals surface area contributed by atoms with E-state index in [0.717, 1.165) is 0 Å². The molecule has 1 aromatic carbocycles. The van der Waals surface area contributed by atoms with Gasteiger partial charge in [-0.3, -0.25) is 9.59 Å². The minimum atomic E-state index is -0.462. The third-order valence-electron chi connectivity index (χ3n) is 3.07. The van der Waals surface area contributed by atoms with Crippen molar-refractivity contribution in [2.75, 3.05) is 33.9 Å². The van der Waals surface area contributed by atoms with E-state index < -0.39 is 11.9 Å². The van der Waals surface area contributed by atoms with Crippen molar-refractivity contribution in [2.45, 2.75) is 6.92 Å². The molecule has 0 aliphatic heterocycles. The highest BCUT2D eigenvalue weighted by molar-refractivity contribution is 5.94. The Bertz CT molecular complexity index is 489. The van der Waals surface area contributed by atoms with Gasteiger partial charge in [0.15, 0.2) is 0 Å². The van der Waals surface area contributed by atoms with Gasteiger partial charge in [0.1, 0.15) is 5.75 Å². The molecule has 0 fully saturated rings. The van der Waals surface area contributed by atoms with Crippen LogP contribution in [0.5, 0.6) is 5.75 Å². The highest BCUT2D eigenvalue weighted by Gasteiger charge is 2.22. The first-order valence-corrected chi connectivity index (χ1v) is 6.65. The van der Waals surface area contributed by atoms with E-state index in [0.29, 0.717) is 11.3 Å². The monoisotopic (exact) mass is 295 g/mol. The first-order chi connectivity index (χ1) is 10.0. The standard InChI is InChI=1S/C15H21NO5/c1-11(15(19)21-3)10-16(7-8-17)14(18)12-5-4-6-13(9-12)20-2/h4-6,9,11,17H,7-8,10H2,1-3H3. The first-order valence-electron chi connectivity index (χ1n) is 6.65. The van der Waals surface area contributed by atoms with Crippen LogP contribution >= 0.6 is 0 Å². The van der Waals surface area contributed by atoms with Gasteiger partial charge in [0.05, 0.1) is 26.7 Å². The van der Waals surface area contributed by atoms with Crippen LogP contribution in [0.2, 0.25) is 0 Å². The Kier molecular flexibility index (Phi) is 6.68. The molecule has 1 rings (SSSR count). The molecule has 1 N–H and O–H groups in total. The van der Waals surface area contributed by atoms with Crippen LogP contribution in [0.25, 0.3) is 0 Å². The van der Waals surface area contributed by atoms with Crippen LogP contribution in [0.3, 0.4) is 0 Å². The second-order valence-electron chi connectivity index (χ2n) is 4.63. The maximum atomic E-state index is 12.5. The smallest absolute Gasteiger partial charge is 0.310 e. The summed E-state index contributed by atoms with van der Waals surface area (Å²) in [5.41, 5.74) is 0.444. The minimum Gasteiger partial charge on any atom is -0.497 e. The minimum absolute atomic E-state index is 0.150. The molecule has 0 spiro atoms. The predicted molar refractivity (Wildman–Crippen MR) is 77.2 cm³/mol. The molecule has 116 valence electrons. The SMILES string of the molecule is COC(=O)C(C)CN(CCO)C(=O)c1cccc(OC)c1. The lowest BCUT2D eigenvalue weighted by Crippen LogP contribution is -2.39. The number of amides is 1. The number of esters is 1. The summed E-state index contributed by atoms with van der Waals surface area (Å²) >= 11 is 0. The molecular weight excluding hydrogens is 274 g/mol. The number of aliphatic hydroxyl groups excluding tert-OH is 1. The molecule has 1 atom stereocenters. The molecule has 1 amide bonds. The number of aliphatic hydroxyl groups is 1.